The zero-order valence-corrected chi connectivity index (χ0v) is 16.2. The number of rotatable bonds is 4. The van der Waals surface area contributed by atoms with Gasteiger partial charge in [0.05, 0.1) is 31.6 Å². The third-order valence-corrected chi connectivity index (χ3v) is 6.74. The fourth-order valence-corrected chi connectivity index (χ4v) is 5.00. The largest absolute Gasteiger partial charge is 0.497 e. The second-order valence-electron chi connectivity index (χ2n) is 7.08. The minimum absolute atomic E-state index is 0.0310. The summed E-state index contributed by atoms with van der Waals surface area (Å²) in [6.45, 7) is 4.94. The van der Waals surface area contributed by atoms with Crippen molar-refractivity contribution in [2.75, 3.05) is 32.6 Å². The number of carbonyl (C=O) groups excluding carboxylic acids is 1. The van der Waals surface area contributed by atoms with Crippen molar-refractivity contribution in [3.05, 3.63) is 29.8 Å². The van der Waals surface area contributed by atoms with Gasteiger partial charge in [-0.1, -0.05) is 26.0 Å². The predicted molar refractivity (Wildman–Crippen MR) is 97.3 cm³/mol. The van der Waals surface area contributed by atoms with E-state index in [0.717, 1.165) is 11.3 Å². The normalized spacial score (nSPS) is 25.8. The van der Waals surface area contributed by atoms with E-state index in [2.05, 4.69) is 0 Å². The lowest BCUT2D eigenvalue weighted by Gasteiger charge is -2.28. The van der Waals surface area contributed by atoms with Crippen molar-refractivity contribution >= 4 is 15.9 Å². The van der Waals surface area contributed by atoms with Gasteiger partial charge in [-0.25, -0.2) is 8.42 Å². The van der Waals surface area contributed by atoms with Crippen LogP contribution in [-0.2, 0) is 26.1 Å². The number of ether oxygens (including phenoxy) is 2. The number of sulfonamides is 1. The van der Waals surface area contributed by atoms with Crippen LogP contribution < -0.4 is 4.74 Å². The van der Waals surface area contributed by atoms with Gasteiger partial charge in [0, 0.05) is 25.6 Å². The highest BCUT2D eigenvalue weighted by molar-refractivity contribution is 7.89. The van der Waals surface area contributed by atoms with Gasteiger partial charge in [0.2, 0.25) is 15.9 Å². The maximum Gasteiger partial charge on any atom is 0.225 e. The highest BCUT2D eigenvalue weighted by Crippen LogP contribution is 2.28. The summed E-state index contributed by atoms with van der Waals surface area (Å²) in [5.41, 5.74) is 0.878. The molecule has 0 N–H and O–H groups in total. The van der Waals surface area contributed by atoms with Crippen LogP contribution in [0.3, 0.4) is 0 Å². The lowest BCUT2D eigenvalue weighted by atomic mass is 10.1. The molecule has 26 heavy (non-hydrogen) atoms. The van der Waals surface area contributed by atoms with Gasteiger partial charge in [-0.15, -0.1) is 0 Å². The summed E-state index contributed by atoms with van der Waals surface area (Å²) in [5.74, 6) is 0.601. The summed E-state index contributed by atoms with van der Waals surface area (Å²) in [6.07, 6.45) is -0.284. The molecule has 2 fully saturated rings. The SMILES string of the molecule is COc1ccc(CN2[C@@H]3CN(C(=O)C(C)C)C[C@@H]3OCCS2(=O)=O)cc1. The van der Waals surface area contributed by atoms with Gasteiger partial charge in [0.15, 0.2) is 0 Å². The van der Waals surface area contributed by atoms with Crippen LogP contribution in [0.4, 0.5) is 0 Å². The van der Waals surface area contributed by atoms with Crippen LogP contribution >= 0.6 is 0 Å². The number of carbonyl (C=O) groups is 1. The number of nitrogens with zero attached hydrogens (tertiary/aromatic N) is 2. The molecule has 1 amide bonds. The Labute approximate surface area is 154 Å². The monoisotopic (exact) mass is 382 g/mol. The fraction of sp³-hybridized carbons (Fsp3) is 0.611. The number of hydrogen-bond acceptors (Lipinski definition) is 5. The number of hydrogen-bond donors (Lipinski definition) is 0. The summed E-state index contributed by atoms with van der Waals surface area (Å²) >= 11 is 0. The first-order valence-electron chi connectivity index (χ1n) is 8.84. The Kier molecular flexibility index (Phi) is 5.55. The van der Waals surface area contributed by atoms with E-state index in [1.54, 1.807) is 12.0 Å². The van der Waals surface area contributed by atoms with E-state index in [1.165, 1.54) is 4.31 Å². The number of methoxy groups -OCH3 is 1. The molecule has 2 heterocycles. The average Bonchev–Trinajstić information content (AvgIpc) is 2.98. The summed E-state index contributed by atoms with van der Waals surface area (Å²) in [4.78, 5) is 14.1. The van der Waals surface area contributed by atoms with Crippen molar-refractivity contribution in [1.82, 2.24) is 9.21 Å². The molecule has 0 bridgehead atoms. The molecule has 0 radical (unpaired) electrons. The van der Waals surface area contributed by atoms with E-state index in [0.29, 0.717) is 13.1 Å². The Bertz CT molecular complexity index is 747. The Morgan fingerprint density at radius 2 is 1.96 bits per heavy atom. The molecule has 0 unspecified atom stereocenters. The molecule has 0 saturated carbocycles. The van der Waals surface area contributed by atoms with Gasteiger partial charge in [-0.3, -0.25) is 4.79 Å². The van der Waals surface area contributed by atoms with Crippen LogP contribution in [0.1, 0.15) is 19.4 Å². The molecule has 1 aromatic carbocycles. The summed E-state index contributed by atoms with van der Waals surface area (Å²) < 4.78 is 38.1. The van der Waals surface area contributed by atoms with Crippen LogP contribution in [0.5, 0.6) is 5.75 Å². The Morgan fingerprint density at radius 3 is 2.58 bits per heavy atom. The maximum absolute atomic E-state index is 12.8. The molecule has 2 aliphatic rings. The topological polar surface area (TPSA) is 76.2 Å². The van der Waals surface area contributed by atoms with Crippen molar-refractivity contribution in [2.24, 2.45) is 5.92 Å². The van der Waals surface area contributed by atoms with Crippen molar-refractivity contribution in [2.45, 2.75) is 32.5 Å². The van der Waals surface area contributed by atoms with Crippen molar-refractivity contribution in [1.29, 1.82) is 0 Å². The zero-order valence-electron chi connectivity index (χ0n) is 15.4. The lowest BCUT2D eigenvalue weighted by molar-refractivity contribution is -0.133. The highest BCUT2D eigenvalue weighted by atomic mass is 32.2. The molecule has 0 aromatic heterocycles. The van der Waals surface area contributed by atoms with Gasteiger partial charge >= 0.3 is 0 Å². The second-order valence-corrected chi connectivity index (χ2v) is 9.12. The Morgan fingerprint density at radius 1 is 1.27 bits per heavy atom. The molecule has 0 aliphatic carbocycles. The smallest absolute Gasteiger partial charge is 0.225 e. The van der Waals surface area contributed by atoms with E-state index in [1.807, 2.05) is 38.1 Å². The molecule has 1 aromatic rings. The first kappa shape index (κ1) is 19.1. The van der Waals surface area contributed by atoms with Gasteiger partial charge < -0.3 is 14.4 Å². The molecule has 2 atom stereocenters. The molecule has 0 spiro atoms. The van der Waals surface area contributed by atoms with E-state index in [-0.39, 0.29) is 42.9 Å². The van der Waals surface area contributed by atoms with E-state index in [9.17, 15) is 13.2 Å². The molecular weight excluding hydrogens is 356 g/mol. The minimum Gasteiger partial charge on any atom is -0.497 e. The fourth-order valence-electron chi connectivity index (χ4n) is 3.50. The zero-order chi connectivity index (χ0) is 18.9. The quantitative estimate of drug-likeness (QED) is 0.779. The standard InChI is InChI=1S/C18H26N2O5S/c1-13(2)18(21)19-11-16-17(12-19)25-8-9-26(22,23)20(16)10-14-4-6-15(24-3)7-5-14/h4-7,13,16-17H,8-12H2,1-3H3/t16-,17+/m1/s1. The lowest BCUT2D eigenvalue weighted by Crippen LogP contribution is -2.45. The van der Waals surface area contributed by atoms with Crippen LogP contribution in [-0.4, -0.2) is 68.2 Å². The van der Waals surface area contributed by atoms with Gasteiger partial charge in [-0.2, -0.15) is 4.31 Å². The third-order valence-electron chi connectivity index (χ3n) is 4.94. The molecule has 7 nitrogen and oxygen atoms in total. The predicted octanol–water partition coefficient (Wildman–Crippen LogP) is 1.09. The number of likely N-dealkylation sites (tertiary alicyclic amines) is 1. The first-order chi connectivity index (χ1) is 12.3. The van der Waals surface area contributed by atoms with Crippen molar-refractivity contribution < 1.29 is 22.7 Å². The van der Waals surface area contributed by atoms with Gasteiger partial charge in [0.25, 0.3) is 0 Å². The molecule has 144 valence electrons. The van der Waals surface area contributed by atoms with Crippen LogP contribution in [0.15, 0.2) is 24.3 Å². The molecule has 2 aliphatic heterocycles. The Hall–Kier alpha value is -1.64. The van der Waals surface area contributed by atoms with Crippen molar-refractivity contribution in [3.63, 3.8) is 0 Å². The van der Waals surface area contributed by atoms with Gasteiger partial charge in [-0.05, 0) is 17.7 Å². The maximum atomic E-state index is 12.8. The van der Waals surface area contributed by atoms with Gasteiger partial charge in [0.1, 0.15) is 5.75 Å². The highest BCUT2D eigenvalue weighted by Gasteiger charge is 2.45. The van der Waals surface area contributed by atoms with Crippen LogP contribution in [0.2, 0.25) is 0 Å². The molecule has 2 saturated heterocycles. The molecule has 8 heteroatoms. The van der Waals surface area contributed by atoms with E-state index >= 15 is 0 Å². The van der Waals surface area contributed by atoms with Crippen molar-refractivity contribution in [3.8, 4) is 5.75 Å². The van der Waals surface area contributed by atoms with E-state index in [4.69, 9.17) is 9.47 Å². The minimum atomic E-state index is -3.46. The summed E-state index contributed by atoms with van der Waals surface area (Å²) in [5, 5.41) is 0. The third kappa shape index (κ3) is 3.87. The first-order valence-corrected chi connectivity index (χ1v) is 10.5. The molecular formula is C18H26N2O5S. The Balaban J connectivity index is 1.85. The van der Waals surface area contributed by atoms with Crippen LogP contribution in [0, 0.1) is 5.92 Å². The van der Waals surface area contributed by atoms with Crippen LogP contribution in [0.25, 0.3) is 0 Å². The number of amides is 1. The number of benzene rings is 1. The number of fused-ring (bicyclic) bond motifs is 1. The molecule has 3 rings (SSSR count). The average molecular weight is 382 g/mol. The van der Waals surface area contributed by atoms with E-state index < -0.39 is 10.0 Å². The second kappa shape index (κ2) is 7.54. The summed E-state index contributed by atoms with van der Waals surface area (Å²) in [6, 6.07) is 7.00. The summed E-state index contributed by atoms with van der Waals surface area (Å²) in [7, 11) is -1.87.